The van der Waals surface area contributed by atoms with Crippen LogP contribution in [0, 0.1) is 11.7 Å². The van der Waals surface area contributed by atoms with Crippen LogP contribution in [-0.4, -0.2) is 20.5 Å². The number of carbonyl (C=O) groups excluding carboxylic acids is 1. The maximum absolute atomic E-state index is 14.0. The van der Waals surface area contributed by atoms with Gasteiger partial charge in [0.1, 0.15) is 5.82 Å². The number of aromatic nitrogens is 3. The van der Waals surface area contributed by atoms with E-state index in [1.165, 1.54) is 6.07 Å². The van der Waals surface area contributed by atoms with Gasteiger partial charge in [0, 0.05) is 11.5 Å². The largest absolute Gasteiger partial charge is 0.293 e. The molecule has 0 unspecified atom stereocenters. The van der Waals surface area contributed by atoms with Gasteiger partial charge in [-0.2, -0.15) is 4.98 Å². The van der Waals surface area contributed by atoms with E-state index in [0.29, 0.717) is 16.9 Å². The molecular weight excluding hydrogens is 283 g/mol. The highest BCUT2D eigenvalue weighted by Crippen LogP contribution is 2.30. The van der Waals surface area contributed by atoms with Gasteiger partial charge in [-0.1, -0.05) is 18.2 Å². The third-order valence-electron chi connectivity index (χ3n) is 3.69. The Kier molecular flexibility index (Phi) is 2.89. The standard InChI is InChI=1S/C16H13FN4O/c17-12-5-2-1-4-11(12)13-6-3-7-14-18-16(20-21(13)14)19-15(22)10-8-9-10/h1-7,10H,8-9H2,(H,19,20,22). The van der Waals surface area contributed by atoms with Crippen LogP contribution in [0.15, 0.2) is 42.5 Å². The predicted molar refractivity (Wildman–Crippen MR) is 79.7 cm³/mol. The predicted octanol–water partition coefficient (Wildman–Crippen LogP) is 2.88. The van der Waals surface area contributed by atoms with Crippen LogP contribution >= 0.6 is 0 Å². The first-order valence-electron chi connectivity index (χ1n) is 7.14. The lowest BCUT2D eigenvalue weighted by atomic mass is 10.1. The summed E-state index contributed by atoms with van der Waals surface area (Å²) in [6.45, 7) is 0. The van der Waals surface area contributed by atoms with Crippen molar-refractivity contribution in [2.75, 3.05) is 5.32 Å². The number of nitrogens with zero attached hydrogens (tertiary/aromatic N) is 3. The Labute approximate surface area is 125 Å². The van der Waals surface area contributed by atoms with Gasteiger partial charge in [0.25, 0.3) is 0 Å². The summed E-state index contributed by atoms with van der Waals surface area (Å²) in [6, 6.07) is 11.8. The number of benzene rings is 1. The highest BCUT2D eigenvalue weighted by Gasteiger charge is 2.30. The van der Waals surface area contributed by atoms with E-state index in [2.05, 4.69) is 15.4 Å². The number of anilines is 1. The molecule has 1 aromatic carbocycles. The van der Waals surface area contributed by atoms with Crippen molar-refractivity contribution in [3.05, 3.63) is 48.3 Å². The molecule has 0 aliphatic heterocycles. The maximum Gasteiger partial charge on any atom is 0.249 e. The lowest BCUT2D eigenvalue weighted by molar-refractivity contribution is -0.117. The minimum Gasteiger partial charge on any atom is -0.293 e. The monoisotopic (exact) mass is 296 g/mol. The van der Waals surface area contributed by atoms with Crippen molar-refractivity contribution >= 4 is 17.5 Å². The van der Waals surface area contributed by atoms with E-state index in [4.69, 9.17) is 0 Å². The van der Waals surface area contributed by atoms with Crippen LogP contribution < -0.4 is 5.32 Å². The fourth-order valence-electron chi connectivity index (χ4n) is 2.39. The molecule has 1 N–H and O–H groups in total. The molecule has 0 atom stereocenters. The molecule has 2 aromatic heterocycles. The SMILES string of the molecule is O=C(Nc1nc2cccc(-c3ccccc3F)n2n1)C1CC1. The Morgan fingerprint density at radius 3 is 2.77 bits per heavy atom. The summed E-state index contributed by atoms with van der Waals surface area (Å²) in [5, 5.41) is 7.00. The summed E-state index contributed by atoms with van der Waals surface area (Å²) >= 11 is 0. The third-order valence-corrected chi connectivity index (χ3v) is 3.69. The number of rotatable bonds is 3. The Balaban J connectivity index is 1.78. The van der Waals surface area contributed by atoms with Crippen LogP contribution in [0.2, 0.25) is 0 Å². The van der Waals surface area contributed by atoms with Crippen molar-refractivity contribution in [2.24, 2.45) is 5.92 Å². The summed E-state index contributed by atoms with van der Waals surface area (Å²) in [7, 11) is 0. The normalized spacial score (nSPS) is 14.2. The van der Waals surface area contributed by atoms with Crippen LogP contribution in [0.1, 0.15) is 12.8 Å². The minimum atomic E-state index is -0.325. The third kappa shape index (κ3) is 2.22. The number of nitrogens with one attached hydrogen (secondary N) is 1. The van der Waals surface area contributed by atoms with Crippen LogP contribution in [0.4, 0.5) is 10.3 Å². The van der Waals surface area contributed by atoms with Gasteiger partial charge in [-0.3, -0.25) is 10.1 Å². The Morgan fingerprint density at radius 1 is 1.18 bits per heavy atom. The van der Waals surface area contributed by atoms with Crippen molar-refractivity contribution in [3.63, 3.8) is 0 Å². The molecule has 0 bridgehead atoms. The average molecular weight is 296 g/mol. The zero-order valence-corrected chi connectivity index (χ0v) is 11.7. The summed E-state index contributed by atoms with van der Waals surface area (Å²) in [5.74, 6) is -0.0456. The Hall–Kier alpha value is -2.76. The first-order valence-corrected chi connectivity index (χ1v) is 7.14. The summed E-state index contributed by atoms with van der Waals surface area (Å²) < 4.78 is 15.5. The number of carbonyl (C=O) groups is 1. The lowest BCUT2D eigenvalue weighted by Gasteiger charge is -2.04. The first-order chi connectivity index (χ1) is 10.7. The average Bonchev–Trinajstić information content (AvgIpc) is 3.28. The lowest BCUT2D eigenvalue weighted by Crippen LogP contribution is -2.14. The second-order valence-corrected chi connectivity index (χ2v) is 5.36. The van der Waals surface area contributed by atoms with Gasteiger partial charge in [0.2, 0.25) is 11.9 Å². The second-order valence-electron chi connectivity index (χ2n) is 5.36. The number of halogens is 1. The summed E-state index contributed by atoms with van der Waals surface area (Å²) in [4.78, 5) is 16.1. The van der Waals surface area contributed by atoms with E-state index in [9.17, 15) is 9.18 Å². The smallest absolute Gasteiger partial charge is 0.249 e. The van der Waals surface area contributed by atoms with Crippen molar-refractivity contribution < 1.29 is 9.18 Å². The van der Waals surface area contributed by atoms with Crippen molar-refractivity contribution in [2.45, 2.75) is 12.8 Å². The van der Waals surface area contributed by atoms with Crippen LogP contribution in [0.5, 0.6) is 0 Å². The van der Waals surface area contributed by atoms with E-state index in [0.717, 1.165) is 12.8 Å². The number of fused-ring (bicyclic) bond motifs is 1. The first kappa shape index (κ1) is 12.9. The molecule has 110 valence electrons. The zero-order chi connectivity index (χ0) is 15.1. The van der Waals surface area contributed by atoms with Gasteiger partial charge in [-0.25, -0.2) is 8.91 Å². The van der Waals surface area contributed by atoms with Gasteiger partial charge < -0.3 is 0 Å². The van der Waals surface area contributed by atoms with E-state index in [-0.39, 0.29) is 23.6 Å². The molecule has 0 spiro atoms. The summed E-state index contributed by atoms with van der Waals surface area (Å²) in [6.07, 6.45) is 1.83. The number of hydrogen-bond donors (Lipinski definition) is 1. The minimum absolute atomic E-state index is 0.0525. The molecule has 1 fully saturated rings. The van der Waals surface area contributed by atoms with Crippen molar-refractivity contribution in [1.82, 2.24) is 14.6 Å². The second kappa shape index (κ2) is 4.91. The molecule has 6 heteroatoms. The fraction of sp³-hybridized carbons (Fsp3) is 0.188. The molecule has 5 nitrogen and oxygen atoms in total. The zero-order valence-electron chi connectivity index (χ0n) is 11.7. The molecule has 2 heterocycles. The number of amides is 1. The van der Waals surface area contributed by atoms with Crippen LogP contribution in [0.3, 0.4) is 0 Å². The molecule has 4 rings (SSSR count). The quantitative estimate of drug-likeness (QED) is 0.808. The van der Waals surface area contributed by atoms with Gasteiger partial charge in [0.05, 0.1) is 5.69 Å². The fourth-order valence-corrected chi connectivity index (χ4v) is 2.39. The van der Waals surface area contributed by atoms with Crippen LogP contribution in [0.25, 0.3) is 16.9 Å². The molecule has 1 amide bonds. The molecule has 22 heavy (non-hydrogen) atoms. The molecule has 1 aliphatic carbocycles. The molecule has 0 saturated heterocycles. The molecule has 3 aromatic rings. The highest BCUT2D eigenvalue weighted by atomic mass is 19.1. The molecule has 1 saturated carbocycles. The van der Waals surface area contributed by atoms with E-state index in [1.807, 2.05) is 0 Å². The van der Waals surface area contributed by atoms with E-state index >= 15 is 0 Å². The molecule has 1 aliphatic rings. The van der Waals surface area contributed by atoms with E-state index < -0.39 is 0 Å². The summed E-state index contributed by atoms with van der Waals surface area (Å²) in [5.41, 5.74) is 1.60. The van der Waals surface area contributed by atoms with Gasteiger partial charge >= 0.3 is 0 Å². The van der Waals surface area contributed by atoms with Gasteiger partial charge in [-0.05, 0) is 37.1 Å². The van der Waals surface area contributed by atoms with Gasteiger partial charge in [-0.15, -0.1) is 5.10 Å². The number of pyridine rings is 1. The topological polar surface area (TPSA) is 59.3 Å². The van der Waals surface area contributed by atoms with Crippen molar-refractivity contribution in [3.8, 4) is 11.3 Å². The maximum atomic E-state index is 14.0. The Bertz CT molecular complexity index is 869. The molecular formula is C16H13FN4O. The number of hydrogen-bond acceptors (Lipinski definition) is 3. The molecule has 0 radical (unpaired) electrons. The Morgan fingerprint density at radius 2 is 2.00 bits per heavy atom. The highest BCUT2D eigenvalue weighted by molar-refractivity contribution is 5.92. The van der Waals surface area contributed by atoms with Gasteiger partial charge in [0.15, 0.2) is 5.65 Å². The van der Waals surface area contributed by atoms with Crippen molar-refractivity contribution in [1.29, 1.82) is 0 Å². The van der Waals surface area contributed by atoms with E-state index in [1.54, 1.807) is 40.9 Å². The van der Waals surface area contributed by atoms with Crippen LogP contribution in [-0.2, 0) is 4.79 Å².